The predicted molar refractivity (Wildman–Crippen MR) is 72.8 cm³/mol. The van der Waals surface area contributed by atoms with Gasteiger partial charge in [-0.15, -0.1) is 0 Å². The van der Waals surface area contributed by atoms with Gasteiger partial charge in [-0.1, -0.05) is 0 Å². The van der Waals surface area contributed by atoms with Crippen LogP contribution in [0.2, 0.25) is 0 Å². The molecule has 1 aromatic rings. The Kier molecular flexibility index (Phi) is 3.21. The number of benzene rings is 1. The van der Waals surface area contributed by atoms with Gasteiger partial charge in [-0.3, -0.25) is 34.2 Å². The molecule has 2 aliphatic rings. The zero-order chi connectivity index (χ0) is 15.9. The molecule has 0 aliphatic carbocycles. The Morgan fingerprint density at radius 1 is 1.14 bits per heavy atom. The summed E-state index contributed by atoms with van der Waals surface area (Å²) in [5.74, 6) is -2.26. The van der Waals surface area contributed by atoms with Gasteiger partial charge in [-0.25, -0.2) is 0 Å². The minimum atomic E-state index is -0.993. The minimum absolute atomic E-state index is 0.0712. The second-order valence-corrected chi connectivity index (χ2v) is 4.97. The van der Waals surface area contributed by atoms with Crippen molar-refractivity contribution in [3.8, 4) is 0 Å². The number of amides is 5. The van der Waals surface area contributed by atoms with Gasteiger partial charge in [0.05, 0.1) is 11.1 Å². The fourth-order valence-electron chi connectivity index (χ4n) is 2.63. The monoisotopic (exact) mass is 301 g/mol. The number of nitrogens with one attached hydrogen (secondary N) is 2. The molecule has 3 rings (SSSR count). The van der Waals surface area contributed by atoms with Crippen LogP contribution >= 0.6 is 0 Å². The molecular weight excluding hydrogens is 290 g/mol. The number of piperidine rings is 1. The quantitative estimate of drug-likeness (QED) is 0.585. The highest BCUT2D eigenvalue weighted by Gasteiger charge is 2.44. The number of carbonyl (C=O) groups is 5. The molecule has 1 unspecified atom stereocenters. The average molecular weight is 301 g/mol. The van der Waals surface area contributed by atoms with Crippen LogP contribution in [0, 0.1) is 0 Å². The smallest absolute Gasteiger partial charge is 0.262 e. The van der Waals surface area contributed by atoms with E-state index in [1.807, 2.05) is 0 Å². The van der Waals surface area contributed by atoms with Crippen LogP contribution < -0.4 is 10.6 Å². The molecule has 0 saturated carbocycles. The van der Waals surface area contributed by atoms with E-state index in [1.54, 1.807) is 0 Å². The van der Waals surface area contributed by atoms with Crippen LogP contribution in [-0.2, 0) is 14.4 Å². The zero-order valence-electron chi connectivity index (χ0n) is 11.3. The zero-order valence-corrected chi connectivity index (χ0v) is 11.3. The molecule has 2 heterocycles. The van der Waals surface area contributed by atoms with Crippen molar-refractivity contribution in [2.24, 2.45) is 0 Å². The first-order chi connectivity index (χ1) is 10.5. The average Bonchev–Trinajstić information content (AvgIpc) is 2.72. The standard InChI is InChI=1S/C14H11N3O5/c18-6-15-7-1-2-8-9(5-7)14(22)17(13(8)21)10-3-4-11(19)16-12(10)20/h1-2,5-6,10H,3-4H2,(H,15,18)(H,16,19,20). The van der Waals surface area contributed by atoms with E-state index in [-0.39, 0.29) is 24.0 Å². The predicted octanol–water partition coefficient (Wildman–Crippen LogP) is -0.344. The lowest BCUT2D eigenvalue weighted by Gasteiger charge is -2.27. The molecule has 8 nitrogen and oxygen atoms in total. The van der Waals surface area contributed by atoms with E-state index >= 15 is 0 Å². The summed E-state index contributed by atoms with van der Waals surface area (Å²) in [6.45, 7) is 0. The Balaban J connectivity index is 1.94. The Morgan fingerprint density at radius 2 is 1.86 bits per heavy atom. The van der Waals surface area contributed by atoms with E-state index in [0.29, 0.717) is 12.1 Å². The lowest BCUT2D eigenvalue weighted by molar-refractivity contribution is -0.136. The van der Waals surface area contributed by atoms with Crippen molar-refractivity contribution in [2.75, 3.05) is 5.32 Å². The van der Waals surface area contributed by atoms with Crippen molar-refractivity contribution < 1.29 is 24.0 Å². The van der Waals surface area contributed by atoms with Crippen LogP contribution in [-0.4, -0.2) is 41.0 Å². The highest BCUT2D eigenvalue weighted by Crippen LogP contribution is 2.29. The summed E-state index contributed by atoms with van der Waals surface area (Å²) in [6, 6.07) is 3.31. The Morgan fingerprint density at radius 3 is 2.55 bits per heavy atom. The third kappa shape index (κ3) is 2.05. The van der Waals surface area contributed by atoms with Gasteiger partial charge < -0.3 is 5.32 Å². The summed E-state index contributed by atoms with van der Waals surface area (Å²) in [5, 5.41) is 4.52. The SMILES string of the molecule is O=CNc1ccc2c(c1)C(=O)N(C1CCC(=O)NC1=O)C2=O. The fraction of sp³-hybridized carbons (Fsp3) is 0.214. The van der Waals surface area contributed by atoms with Crippen LogP contribution in [0.15, 0.2) is 18.2 Å². The Labute approximate surface area is 124 Å². The second-order valence-electron chi connectivity index (χ2n) is 4.97. The summed E-state index contributed by atoms with van der Waals surface area (Å²) >= 11 is 0. The van der Waals surface area contributed by atoms with Crippen molar-refractivity contribution in [1.82, 2.24) is 10.2 Å². The van der Waals surface area contributed by atoms with Crippen molar-refractivity contribution in [1.29, 1.82) is 0 Å². The lowest BCUT2D eigenvalue weighted by atomic mass is 10.0. The molecular formula is C14H11N3O5. The van der Waals surface area contributed by atoms with Gasteiger partial charge in [-0.2, -0.15) is 0 Å². The number of anilines is 1. The number of imide groups is 2. The van der Waals surface area contributed by atoms with E-state index in [9.17, 15) is 24.0 Å². The third-order valence-corrected chi connectivity index (χ3v) is 3.67. The first kappa shape index (κ1) is 13.9. The van der Waals surface area contributed by atoms with Crippen LogP contribution in [0.4, 0.5) is 5.69 Å². The highest BCUT2D eigenvalue weighted by atomic mass is 16.2. The summed E-state index contributed by atoms with van der Waals surface area (Å²) in [7, 11) is 0. The van der Waals surface area contributed by atoms with Gasteiger partial charge in [0.1, 0.15) is 6.04 Å². The molecule has 1 aromatic carbocycles. The van der Waals surface area contributed by atoms with Gasteiger partial charge in [0.2, 0.25) is 18.2 Å². The van der Waals surface area contributed by atoms with Gasteiger partial charge in [-0.05, 0) is 24.6 Å². The van der Waals surface area contributed by atoms with Crippen LogP contribution in [0.5, 0.6) is 0 Å². The van der Waals surface area contributed by atoms with Crippen molar-refractivity contribution >= 4 is 35.7 Å². The summed E-state index contributed by atoms with van der Waals surface area (Å²) in [5.41, 5.74) is 0.674. The van der Waals surface area contributed by atoms with Crippen LogP contribution in [0.1, 0.15) is 33.6 Å². The maximum absolute atomic E-state index is 12.4. The van der Waals surface area contributed by atoms with E-state index in [2.05, 4.69) is 10.6 Å². The largest absolute Gasteiger partial charge is 0.329 e. The van der Waals surface area contributed by atoms with E-state index in [4.69, 9.17) is 0 Å². The lowest BCUT2D eigenvalue weighted by Crippen LogP contribution is -2.54. The number of rotatable bonds is 3. The number of carbonyl (C=O) groups excluding carboxylic acids is 5. The molecule has 0 radical (unpaired) electrons. The highest BCUT2D eigenvalue weighted by molar-refractivity contribution is 6.23. The molecule has 1 saturated heterocycles. The number of hydrogen-bond donors (Lipinski definition) is 2. The maximum Gasteiger partial charge on any atom is 0.262 e. The number of nitrogens with zero attached hydrogens (tertiary/aromatic N) is 1. The van der Waals surface area contributed by atoms with Crippen molar-refractivity contribution in [3.63, 3.8) is 0 Å². The Bertz CT molecular complexity index is 727. The summed E-state index contributed by atoms with van der Waals surface area (Å²) < 4.78 is 0. The summed E-state index contributed by atoms with van der Waals surface area (Å²) in [6.07, 6.45) is 0.637. The van der Waals surface area contributed by atoms with Gasteiger partial charge in [0.25, 0.3) is 11.8 Å². The molecule has 1 atom stereocenters. The van der Waals surface area contributed by atoms with Crippen LogP contribution in [0.25, 0.3) is 0 Å². The Hall–Kier alpha value is -3.03. The van der Waals surface area contributed by atoms with E-state index < -0.39 is 29.7 Å². The van der Waals surface area contributed by atoms with Crippen molar-refractivity contribution in [2.45, 2.75) is 18.9 Å². The molecule has 0 spiro atoms. The maximum atomic E-state index is 12.4. The van der Waals surface area contributed by atoms with Gasteiger partial charge >= 0.3 is 0 Å². The minimum Gasteiger partial charge on any atom is -0.329 e. The van der Waals surface area contributed by atoms with Gasteiger partial charge in [0, 0.05) is 12.1 Å². The second kappa shape index (κ2) is 5.06. The number of hydrogen-bond acceptors (Lipinski definition) is 5. The van der Waals surface area contributed by atoms with Crippen molar-refractivity contribution in [3.05, 3.63) is 29.3 Å². The molecule has 5 amide bonds. The molecule has 2 N–H and O–H groups in total. The molecule has 22 heavy (non-hydrogen) atoms. The summed E-state index contributed by atoms with van der Waals surface area (Å²) in [4.78, 5) is 59.1. The normalized spacial score (nSPS) is 20.7. The topological polar surface area (TPSA) is 113 Å². The van der Waals surface area contributed by atoms with Crippen LogP contribution in [0.3, 0.4) is 0 Å². The fourth-order valence-corrected chi connectivity index (χ4v) is 2.63. The first-order valence-corrected chi connectivity index (χ1v) is 6.58. The molecule has 1 fully saturated rings. The molecule has 112 valence electrons. The van der Waals surface area contributed by atoms with E-state index in [0.717, 1.165) is 4.90 Å². The molecule has 0 aromatic heterocycles. The first-order valence-electron chi connectivity index (χ1n) is 6.58. The molecule has 8 heteroatoms. The molecule has 0 bridgehead atoms. The van der Waals surface area contributed by atoms with Gasteiger partial charge in [0.15, 0.2) is 0 Å². The third-order valence-electron chi connectivity index (χ3n) is 3.67. The molecule has 2 aliphatic heterocycles. The number of fused-ring (bicyclic) bond motifs is 1. The van der Waals surface area contributed by atoms with E-state index in [1.165, 1.54) is 18.2 Å².